The van der Waals surface area contributed by atoms with Crippen molar-refractivity contribution in [2.24, 2.45) is 0 Å². The van der Waals surface area contributed by atoms with Crippen LogP contribution >= 0.6 is 0 Å². The molecule has 0 bridgehead atoms. The number of amides is 2. The van der Waals surface area contributed by atoms with Gasteiger partial charge in [-0.2, -0.15) is 0 Å². The van der Waals surface area contributed by atoms with Crippen LogP contribution in [0.2, 0.25) is 0 Å². The molecular formula is C25H30N2O2. The highest BCUT2D eigenvalue weighted by Crippen LogP contribution is 2.38. The van der Waals surface area contributed by atoms with Crippen LogP contribution in [0.4, 0.5) is 0 Å². The number of benzene rings is 2. The molecule has 29 heavy (non-hydrogen) atoms. The summed E-state index contributed by atoms with van der Waals surface area (Å²) in [5.41, 5.74) is 2.67. The van der Waals surface area contributed by atoms with Gasteiger partial charge >= 0.3 is 0 Å². The van der Waals surface area contributed by atoms with Gasteiger partial charge in [0.1, 0.15) is 0 Å². The van der Waals surface area contributed by atoms with Crippen molar-refractivity contribution in [3.05, 3.63) is 71.3 Å². The van der Waals surface area contributed by atoms with Crippen molar-refractivity contribution < 1.29 is 9.59 Å². The van der Waals surface area contributed by atoms with Gasteiger partial charge in [-0.1, -0.05) is 68.1 Å². The molecule has 1 aliphatic carbocycles. The standard InChI is InChI=1S/C25H30N2O2/c28-23-21-14-6-7-15-22(21)24(29)27(23)19-11-2-1-10-18-26-25(16-8-9-17-25)20-12-4-3-5-13-20/h3-7,12-15,26H,1-2,8-11,16-19H2. The Bertz CT molecular complexity index is 821. The van der Waals surface area contributed by atoms with Crippen molar-refractivity contribution in [1.29, 1.82) is 0 Å². The normalized spacial score (nSPS) is 17.7. The third-order valence-corrected chi connectivity index (χ3v) is 6.43. The molecule has 4 heteroatoms. The van der Waals surface area contributed by atoms with Crippen molar-refractivity contribution in [1.82, 2.24) is 10.2 Å². The van der Waals surface area contributed by atoms with Crippen molar-refractivity contribution in [2.45, 2.75) is 56.9 Å². The van der Waals surface area contributed by atoms with E-state index in [4.69, 9.17) is 0 Å². The van der Waals surface area contributed by atoms with Crippen molar-refractivity contribution in [2.75, 3.05) is 13.1 Å². The average molecular weight is 391 g/mol. The van der Waals surface area contributed by atoms with E-state index in [9.17, 15) is 9.59 Å². The van der Waals surface area contributed by atoms with Crippen LogP contribution in [0, 0.1) is 0 Å². The first-order valence-electron chi connectivity index (χ1n) is 11.0. The molecule has 0 unspecified atom stereocenters. The van der Waals surface area contributed by atoms with Crippen LogP contribution in [-0.2, 0) is 5.54 Å². The number of nitrogens with one attached hydrogen (secondary N) is 1. The average Bonchev–Trinajstić information content (AvgIpc) is 3.34. The molecule has 2 aliphatic rings. The number of carbonyl (C=O) groups is 2. The first kappa shape index (κ1) is 19.8. The largest absolute Gasteiger partial charge is 0.307 e. The summed E-state index contributed by atoms with van der Waals surface area (Å²) in [4.78, 5) is 26.2. The molecule has 0 aromatic heterocycles. The van der Waals surface area contributed by atoms with Crippen LogP contribution in [0.15, 0.2) is 54.6 Å². The minimum absolute atomic E-state index is 0.140. The van der Waals surface area contributed by atoms with E-state index in [-0.39, 0.29) is 17.4 Å². The summed E-state index contributed by atoms with van der Waals surface area (Å²) in [6.07, 6.45) is 9.17. The molecule has 4 rings (SSSR count). The monoisotopic (exact) mass is 390 g/mol. The molecule has 2 aromatic rings. The summed E-state index contributed by atoms with van der Waals surface area (Å²) in [6, 6.07) is 18.0. The lowest BCUT2D eigenvalue weighted by atomic mass is 9.88. The maximum absolute atomic E-state index is 12.4. The molecule has 0 spiro atoms. The molecular weight excluding hydrogens is 360 g/mol. The Hall–Kier alpha value is -2.46. The predicted molar refractivity (Wildman–Crippen MR) is 115 cm³/mol. The number of hydrogen-bond acceptors (Lipinski definition) is 3. The lowest BCUT2D eigenvalue weighted by Crippen LogP contribution is -2.40. The number of hydrogen-bond donors (Lipinski definition) is 1. The predicted octanol–water partition coefficient (Wildman–Crippen LogP) is 4.90. The minimum atomic E-state index is -0.140. The summed E-state index contributed by atoms with van der Waals surface area (Å²) < 4.78 is 0. The molecule has 1 saturated carbocycles. The Balaban J connectivity index is 1.18. The Kier molecular flexibility index (Phi) is 6.10. The molecule has 1 heterocycles. The van der Waals surface area contributed by atoms with E-state index in [1.54, 1.807) is 12.1 Å². The SMILES string of the molecule is O=C1c2ccccc2C(=O)N1CCCCCCNC1(c2ccccc2)CCCC1. The van der Waals surface area contributed by atoms with Gasteiger partial charge in [0.2, 0.25) is 0 Å². The van der Waals surface area contributed by atoms with Crippen LogP contribution in [0.25, 0.3) is 0 Å². The molecule has 152 valence electrons. The molecule has 1 fully saturated rings. The van der Waals surface area contributed by atoms with Crippen LogP contribution in [0.1, 0.15) is 77.6 Å². The van der Waals surface area contributed by atoms with Gasteiger partial charge in [-0.05, 0) is 49.9 Å². The van der Waals surface area contributed by atoms with Crippen LogP contribution in [-0.4, -0.2) is 29.8 Å². The number of unbranched alkanes of at least 4 members (excludes halogenated alkanes) is 3. The number of nitrogens with zero attached hydrogens (tertiary/aromatic N) is 1. The van der Waals surface area contributed by atoms with Crippen LogP contribution in [0.5, 0.6) is 0 Å². The van der Waals surface area contributed by atoms with Crippen molar-refractivity contribution in [3.8, 4) is 0 Å². The first-order valence-corrected chi connectivity index (χ1v) is 11.0. The summed E-state index contributed by atoms with van der Waals surface area (Å²) >= 11 is 0. The quantitative estimate of drug-likeness (QED) is 0.489. The fourth-order valence-corrected chi connectivity index (χ4v) is 4.82. The van der Waals surface area contributed by atoms with E-state index < -0.39 is 0 Å². The number of imide groups is 1. The Labute approximate surface area is 173 Å². The molecule has 0 radical (unpaired) electrons. The molecule has 4 nitrogen and oxygen atoms in total. The van der Waals surface area contributed by atoms with E-state index in [1.807, 2.05) is 12.1 Å². The Morgan fingerprint density at radius 1 is 0.759 bits per heavy atom. The summed E-state index contributed by atoms with van der Waals surface area (Å²) in [5.74, 6) is -0.281. The zero-order chi connectivity index (χ0) is 20.1. The second-order valence-electron chi connectivity index (χ2n) is 8.30. The van der Waals surface area contributed by atoms with Gasteiger partial charge < -0.3 is 5.32 Å². The van der Waals surface area contributed by atoms with Crippen molar-refractivity contribution >= 4 is 11.8 Å². The molecule has 1 aliphatic heterocycles. The highest BCUT2D eigenvalue weighted by molar-refractivity contribution is 6.21. The highest BCUT2D eigenvalue weighted by Gasteiger charge is 2.35. The van der Waals surface area contributed by atoms with Gasteiger partial charge in [-0.25, -0.2) is 0 Å². The van der Waals surface area contributed by atoms with Gasteiger partial charge in [-0.3, -0.25) is 14.5 Å². The van der Waals surface area contributed by atoms with Crippen molar-refractivity contribution in [3.63, 3.8) is 0 Å². The number of fused-ring (bicyclic) bond motifs is 1. The zero-order valence-electron chi connectivity index (χ0n) is 17.0. The van der Waals surface area contributed by atoms with Gasteiger partial charge in [-0.15, -0.1) is 0 Å². The fraction of sp³-hybridized carbons (Fsp3) is 0.440. The maximum Gasteiger partial charge on any atom is 0.261 e. The zero-order valence-corrected chi connectivity index (χ0v) is 17.0. The van der Waals surface area contributed by atoms with Crippen LogP contribution < -0.4 is 5.32 Å². The topological polar surface area (TPSA) is 49.4 Å². The van der Waals surface area contributed by atoms with Gasteiger partial charge in [0, 0.05) is 12.1 Å². The number of carbonyl (C=O) groups excluding carboxylic acids is 2. The first-order chi connectivity index (χ1) is 14.2. The Morgan fingerprint density at radius 2 is 1.34 bits per heavy atom. The molecule has 2 amide bonds. The van der Waals surface area contributed by atoms with Gasteiger partial charge in [0.05, 0.1) is 11.1 Å². The van der Waals surface area contributed by atoms with E-state index in [0.29, 0.717) is 17.7 Å². The molecule has 0 atom stereocenters. The van der Waals surface area contributed by atoms with Gasteiger partial charge in [0.15, 0.2) is 0 Å². The van der Waals surface area contributed by atoms with Crippen LogP contribution in [0.3, 0.4) is 0 Å². The third-order valence-electron chi connectivity index (χ3n) is 6.43. The smallest absolute Gasteiger partial charge is 0.261 e. The fourth-order valence-electron chi connectivity index (χ4n) is 4.82. The van der Waals surface area contributed by atoms with E-state index in [1.165, 1.54) is 36.1 Å². The van der Waals surface area contributed by atoms with E-state index >= 15 is 0 Å². The Morgan fingerprint density at radius 3 is 2.00 bits per heavy atom. The third kappa shape index (κ3) is 4.13. The van der Waals surface area contributed by atoms with E-state index in [2.05, 4.69) is 35.6 Å². The highest BCUT2D eigenvalue weighted by atomic mass is 16.2. The molecule has 1 N–H and O–H groups in total. The van der Waals surface area contributed by atoms with Gasteiger partial charge in [0.25, 0.3) is 11.8 Å². The molecule has 2 aromatic carbocycles. The lowest BCUT2D eigenvalue weighted by molar-refractivity contribution is 0.0651. The van der Waals surface area contributed by atoms with E-state index in [0.717, 1.165) is 32.2 Å². The lowest BCUT2D eigenvalue weighted by Gasteiger charge is -2.31. The maximum atomic E-state index is 12.4. The summed E-state index contributed by atoms with van der Waals surface area (Å²) in [6.45, 7) is 1.54. The summed E-state index contributed by atoms with van der Waals surface area (Å²) in [5, 5.41) is 3.85. The second-order valence-corrected chi connectivity index (χ2v) is 8.30. The molecule has 0 saturated heterocycles. The summed E-state index contributed by atoms with van der Waals surface area (Å²) in [7, 11) is 0. The minimum Gasteiger partial charge on any atom is -0.307 e. The number of rotatable bonds is 9. The second kappa shape index (κ2) is 8.91.